The SMILES string of the molecule is Cc1ccc(NC(=O)CCN)c(C)c1. The molecule has 14 heavy (non-hydrogen) atoms. The Morgan fingerprint density at radius 1 is 1.43 bits per heavy atom. The van der Waals surface area contributed by atoms with Gasteiger partial charge in [0.1, 0.15) is 0 Å². The van der Waals surface area contributed by atoms with Gasteiger partial charge in [-0.2, -0.15) is 0 Å². The summed E-state index contributed by atoms with van der Waals surface area (Å²) in [5, 5.41) is 2.82. The molecular formula is C11H16N2O. The monoisotopic (exact) mass is 192 g/mol. The lowest BCUT2D eigenvalue weighted by Gasteiger charge is -2.08. The highest BCUT2D eigenvalue weighted by Gasteiger charge is 2.02. The molecule has 0 aliphatic heterocycles. The third-order valence-corrected chi connectivity index (χ3v) is 2.03. The summed E-state index contributed by atoms with van der Waals surface area (Å²) in [5.41, 5.74) is 8.43. The lowest BCUT2D eigenvalue weighted by molar-refractivity contribution is -0.116. The second kappa shape index (κ2) is 4.77. The third kappa shape index (κ3) is 2.85. The van der Waals surface area contributed by atoms with Crippen molar-refractivity contribution in [3.8, 4) is 0 Å². The van der Waals surface area contributed by atoms with Crippen molar-refractivity contribution in [1.82, 2.24) is 0 Å². The normalized spacial score (nSPS) is 9.93. The minimum Gasteiger partial charge on any atom is -0.330 e. The van der Waals surface area contributed by atoms with Gasteiger partial charge in [0.25, 0.3) is 0 Å². The average Bonchev–Trinajstić information content (AvgIpc) is 2.10. The summed E-state index contributed by atoms with van der Waals surface area (Å²) in [4.78, 5) is 11.3. The maximum atomic E-state index is 11.3. The van der Waals surface area contributed by atoms with E-state index in [9.17, 15) is 4.79 Å². The number of amides is 1. The van der Waals surface area contributed by atoms with E-state index in [0.29, 0.717) is 13.0 Å². The fourth-order valence-corrected chi connectivity index (χ4v) is 1.30. The van der Waals surface area contributed by atoms with Crippen LogP contribution in [0.4, 0.5) is 5.69 Å². The van der Waals surface area contributed by atoms with Crippen molar-refractivity contribution in [1.29, 1.82) is 0 Å². The van der Waals surface area contributed by atoms with Gasteiger partial charge in [0.05, 0.1) is 0 Å². The van der Waals surface area contributed by atoms with Crippen LogP contribution in [-0.4, -0.2) is 12.5 Å². The van der Waals surface area contributed by atoms with Crippen LogP contribution in [0.25, 0.3) is 0 Å². The van der Waals surface area contributed by atoms with Gasteiger partial charge >= 0.3 is 0 Å². The van der Waals surface area contributed by atoms with Crippen LogP contribution < -0.4 is 11.1 Å². The summed E-state index contributed by atoms with van der Waals surface area (Å²) in [6.45, 7) is 4.39. The number of anilines is 1. The van der Waals surface area contributed by atoms with Crippen molar-refractivity contribution in [3.63, 3.8) is 0 Å². The predicted octanol–water partition coefficient (Wildman–Crippen LogP) is 1.59. The lowest BCUT2D eigenvalue weighted by Crippen LogP contribution is -2.16. The van der Waals surface area contributed by atoms with Crippen molar-refractivity contribution >= 4 is 11.6 Å². The topological polar surface area (TPSA) is 55.1 Å². The van der Waals surface area contributed by atoms with Crippen LogP contribution in [0.2, 0.25) is 0 Å². The number of nitrogens with one attached hydrogen (secondary N) is 1. The van der Waals surface area contributed by atoms with E-state index in [2.05, 4.69) is 5.32 Å². The Kier molecular flexibility index (Phi) is 3.65. The molecule has 0 atom stereocenters. The standard InChI is InChI=1S/C11H16N2O/c1-8-3-4-10(9(2)7-8)13-11(14)5-6-12/h3-4,7H,5-6,12H2,1-2H3,(H,13,14). The van der Waals surface area contributed by atoms with Crippen LogP contribution >= 0.6 is 0 Å². The maximum absolute atomic E-state index is 11.3. The van der Waals surface area contributed by atoms with Gasteiger partial charge in [-0.05, 0) is 25.5 Å². The molecule has 3 nitrogen and oxygen atoms in total. The molecule has 0 spiro atoms. The first-order valence-corrected chi connectivity index (χ1v) is 4.70. The Labute approximate surface area is 84.3 Å². The second-order valence-electron chi connectivity index (χ2n) is 3.41. The van der Waals surface area contributed by atoms with Gasteiger partial charge < -0.3 is 11.1 Å². The highest BCUT2D eigenvalue weighted by Crippen LogP contribution is 2.15. The van der Waals surface area contributed by atoms with Crippen LogP contribution in [0.3, 0.4) is 0 Å². The van der Waals surface area contributed by atoms with E-state index in [1.165, 1.54) is 5.56 Å². The zero-order chi connectivity index (χ0) is 10.6. The van der Waals surface area contributed by atoms with Crippen LogP contribution in [-0.2, 0) is 4.79 Å². The van der Waals surface area contributed by atoms with Crippen molar-refractivity contribution in [2.75, 3.05) is 11.9 Å². The first kappa shape index (κ1) is 10.7. The molecular weight excluding hydrogens is 176 g/mol. The minimum atomic E-state index is -0.0283. The van der Waals surface area contributed by atoms with E-state index in [1.807, 2.05) is 32.0 Å². The molecule has 0 unspecified atom stereocenters. The average molecular weight is 192 g/mol. The molecule has 0 radical (unpaired) electrons. The van der Waals surface area contributed by atoms with Gasteiger partial charge in [0.2, 0.25) is 5.91 Å². The van der Waals surface area contributed by atoms with Gasteiger partial charge in [-0.15, -0.1) is 0 Å². The Hall–Kier alpha value is -1.35. The molecule has 3 heteroatoms. The molecule has 1 rings (SSSR count). The van der Waals surface area contributed by atoms with E-state index in [4.69, 9.17) is 5.73 Å². The summed E-state index contributed by atoms with van der Waals surface area (Å²) in [6.07, 6.45) is 0.368. The molecule has 0 aliphatic rings. The van der Waals surface area contributed by atoms with E-state index < -0.39 is 0 Å². The highest BCUT2D eigenvalue weighted by atomic mass is 16.1. The van der Waals surface area contributed by atoms with Crippen molar-refractivity contribution in [2.45, 2.75) is 20.3 Å². The molecule has 0 aliphatic carbocycles. The summed E-state index contributed by atoms with van der Waals surface area (Å²) in [5.74, 6) is -0.0283. The predicted molar refractivity (Wildman–Crippen MR) is 58.2 cm³/mol. The quantitative estimate of drug-likeness (QED) is 0.764. The zero-order valence-corrected chi connectivity index (χ0v) is 8.63. The number of benzene rings is 1. The summed E-state index contributed by atoms with van der Waals surface area (Å²) in [6, 6.07) is 5.93. The highest BCUT2D eigenvalue weighted by molar-refractivity contribution is 5.91. The second-order valence-corrected chi connectivity index (χ2v) is 3.41. The van der Waals surface area contributed by atoms with Crippen molar-refractivity contribution in [3.05, 3.63) is 29.3 Å². The summed E-state index contributed by atoms with van der Waals surface area (Å²) in [7, 11) is 0. The molecule has 1 aromatic carbocycles. The Bertz CT molecular complexity index is 334. The number of aryl methyl sites for hydroxylation is 2. The fourth-order valence-electron chi connectivity index (χ4n) is 1.30. The molecule has 0 bridgehead atoms. The van der Waals surface area contributed by atoms with Gasteiger partial charge in [-0.3, -0.25) is 4.79 Å². The molecule has 1 aromatic rings. The molecule has 0 aromatic heterocycles. The van der Waals surface area contributed by atoms with Crippen LogP contribution in [0, 0.1) is 13.8 Å². The number of hydrogen-bond acceptors (Lipinski definition) is 2. The first-order chi connectivity index (χ1) is 6.63. The van der Waals surface area contributed by atoms with Crippen molar-refractivity contribution < 1.29 is 4.79 Å². The Morgan fingerprint density at radius 3 is 2.71 bits per heavy atom. The van der Waals surface area contributed by atoms with Gasteiger partial charge in [-0.25, -0.2) is 0 Å². The minimum absolute atomic E-state index is 0.0283. The smallest absolute Gasteiger partial charge is 0.225 e. The molecule has 0 heterocycles. The van der Waals surface area contributed by atoms with Crippen molar-refractivity contribution in [2.24, 2.45) is 5.73 Å². The van der Waals surface area contributed by atoms with E-state index in [0.717, 1.165) is 11.3 Å². The van der Waals surface area contributed by atoms with Gasteiger partial charge in [-0.1, -0.05) is 17.7 Å². The molecule has 1 amide bonds. The van der Waals surface area contributed by atoms with E-state index in [-0.39, 0.29) is 5.91 Å². The lowest BCUT2D eigenvalue weighted by atomic mass is 10.1. The number of carbonyl (C=O) groups is 1. The maximum Gasteiger partial charge on any atom is 0.225 e. The summed E-state index contributed by atoms with van der Waals surface area (Å²) < 4.78 is 0. The van der Waals surface area contributed by atoms with Crippen LogP contribution in [0.15, 0.2) is 18.2 Å². The zero-order valence-electron chi connectivity index (χ0n) is 8.63. The largest absolute Gasteiger partial charge is 0.330 e. The molecule has 0 fully saturated rings. The molecule has 76 valence electrons. The van der Waals surface area contributed by atoms with E-state index in [1.54, 1.807) is 0 Å². The third-order valence-electron chi connectivity index (χ3n) is 2.03. The van der Waals surface area contributed by atoms with Crippen LogP contribution in [0.5, 0.6) is 0 Å². The number of nitrogens with two attached hydrogens (primary N) is 1. The molecule has 0 saturated carbocycles. The number of hydrogen-bond donors (Lipinski definition) is 2. The number of rotatable bonds is 3. The number of carbonyl (C=O) groups excluding carboxylic acids is 1. The fraction of sp³-hybridized carbons (Fsp3) is 0.364. The van der Waals surface area contributed by atoms with Crippen LogP contribution in [0.1, 0.15) is 17.5 Å². The van der Waals surface area contributed by atoms with Gasteiger partial charge in [0.15, 0.2) is 0 Å². The van der Waals surface area contributed by atoms with Gasteiger partial charge in [0, 0.05) is 18.7 Å². The molecule has 3 N–H and O–H groups in total. The summed E-state index contributed by atoms with van der Waals surface area (Å²) >= 11 is 0. The molecule has 0 saturated heterocycles. The van der Waals surface area contributed by atoms with E-state index >= 15 is 0 Å². The first-order valence-electron chi connectivity index (χ1n) is 4.70. The Balaban J connectivity index is 2.72. The Morgan fingerprint density at radius 2 is 2.14 bits per heavy atom.